The maximum atomic E-state index is 6.58. The Bertz CT molecular complexity index is 2770. The van der Waals surface area contributed by atoms with E-state index < -0.39 is 0 Å². The van der Waals surface area contributed by atoms with Crippen molar-refractivity contribution in [1.29, 1.82) is 0 Å². The molecule has 1 aliphatic rings. The van der Waals surface area contributed by atoms with Crippen molar-refractivity contribution < 1.29 is 4.42 Å². The molecule has 0 fully saturated rings. The Morgan fingerprint density at radius 2 is 1.14 bits per heavy atom. The summed E-state index contributed by atoms with van der Waals surface area (Å²) in [5.41, 5.74) is 12.7. The first-order valence-electron chi connectivity index (χ1n) is 17.0. The van der Waals surface area contributed by atoms with Gasteiger partial charge in [0.15, 0.2) is 0 Å². The predicted octanol–water partition coefficient (Wildman–Crippen LogP) is 13.3. The lowest BCUT2D eigenvalue weighted by atomic mass is 9.82. The van der Waals surface area contributed by atoms with Crippen molar-refractivity contribution in [3.05, 3.63) is 175 Å². The van der Waals surface area contributed by atoms with E-state index in [1.807, 2.05) is 0 Å². The van der Waals surface area contributed by atoms with Crippen LogP contribution in [0.3, 0.4) is 0 Å². The van der Waals surface area contributed by atoms with Gasteiger partial charge in [0.1, 0.15) is 11.2 Å². The zero-order chi connectivity index (χ0) is 32.7. The molecule has 0 atom stereocenters. The van der Waals surface area contributed by atoms with E-state index in [9.17, 15) is 0 Å². The summed E-state index contributed by atoms with van der Waals surface area (Å²) in [7, 11) is 0. The van der Waals surface area contributed by atoms with Crippen LogP contribution < -0.4 is 4.90 Å². The van der Waals surface area contributed by atoms with Crippen LogP contribution in [0, 0.1) is 0 Å². The Hall–Kier alpha value is -6.12. The zero-order valence-electron chi connectivity index (χ0n) is 27.4. The summed E-state index contributed by atoms with van der Waals surface area (Å²) in [6.45, 7) is 4.71. The lowest BCUT2D eigenvalue weighted by molar-refractivity contribution is 0.660. The molecule has 0 unspecified atom stereocenters. The van der Waals surface area contributed by atoms with E-state index in [-0.39, 0.29) is 5.41 Å². The average molecular weight is 628 g/mol. The Morgan fingerprint density at radius 1 is 0.449 bits per heavy atom. The number of rotatable bonds is 4. The molecule has 1 aliphatic carbocycles. The van der Waals surface area contributed by atoms with E-state index in [2.05, 4.69) is 183 Å². The number of para-hydroxylation sites is 1. The number of fused-ring (bicyclic) bond motifs is 8. The molecular weight excluding hydrogens is 595 g/mol. The van der Waals surface area contributed by atoms with Crippen molar-refractivity contribution in [2.75, 3.05) is 4.90 Å². The van der Waals surface area contributed by atoms with Crippen LogP contribution >= 0.6 is 0 Å². The normalized spacial score (nSPS) is 13.3. The first kappa shape index (κ1) is 27.9. The molecule has 10 rings (SSSR count). The van der Waals surface area contributed by atoms with Crippen molar-refractivity contribution in [2.24, 2.45) is 0 Å². The molecule has 0 saturated carbocycles. The Balaban J connectivity index is 1.28. The van der Waals surface area contributed by atoms with Gasteiger partial charge in [-0.05, 0) is 92.0 Å². The number of nitrogens with zero attached hydrogens (tertiary/aromatic N) is 1. The zero-order valence-corrected chi connectivity index (χ0v) is 27.4. The van der Waals surface area contributed by atoms with E-state index in [0.717, 1.165) is 44.4 Å². The van der Waals surface area contributed by atoms with Crippen LogP contribution in [0.2, 0.25) is 0 Å². The van der Waals surface area contributed by atoms with Crippen LogP contribution in [0.4, 0.5) is 17.1 Å². The Labute approximate surface area is 285 Å². The van der Waals surface area contributed by atoms with Gasteiger partial charge >= 0.3 is 0 Å². The van der Waals surface area contributed by atoms with Crippen molar-refractivity contribution in [3.8, 4) is 22.3 Å². The molecule has 0 N–H and O–H groups in total. The SMILES string of the molecule is CC1(C)c2ccccc2-c2ccc(N(c3cccc(-c4ccc5ccccc5c4)c3)c3c4ccccc4cc4oc5ccccc5c34)cc21. The van der Waals surface area contributed by atoms with Gasteiger partial charge in [-0.25, -0.2) is 0 Å². The standard InChI is InChI=1S/C47H33NO/c1-47(2)41-20-9-7-18-38(41)39-25-24-36(29-42(39)47)48(35-16-11-15-32(27-35)33-23-22-30-12-3-4-13-31(30)26-33)46-37-17-6-5-14-34(37)28-44-45(46)40-19-8-10-21-43(40)49-44/h3-29H,1-2H3. The van der Waals surface area contributed by atoms with Crippen LogP contribution in [0.5, 0.6) is 0 Å². The molecule has 2 heteroatoms. The van der Waals surface area contributed by atoms with Gasteiger partial charge in [-0.3, -0.25) is 0 Å². The maximum Gasteiger partial charge on any atom is 0.138 e. The molecule has 1 aromatic heterocycles. The second-order valence-electron chi connectivity index (χ2n) is 13.8. The third kappa shape index (κ3) is 4.20. The highest BCUT2D eigenvalue weighted by Crippen LogP contribution is 2.52. The van der Waals surface area contributed by atoms with Gasteiger partial charge in [-0.1, -0.05) is 135 Å². The molecule has 1 heterocycles. The highest BCUT2D eigenvalue weighted by atomic mass is 16.3. The second kappa shape index (κ2) is 10.4. The summed E-state index contributed by atoms with van der Waals surface area (Å²) in [5.74, 6) is 0. The number of hydrogen-bond donors (Lipinski definition) is 0. The third-order valence-electron chi connectivity index (χ3n) is 10.6. The van der Waals surface area contributed by atoms with Crippen molar-refractivity contribution >= 4 is 60.5 Å². The number of furan rings is 1. The van der Waals surface area contributed by atoms with Crippen molar-refractivity contribution in [1.82, 2.24) is 0 Å². The number of hydrogen-bond acceptors (Lipinski definition) is 2. The van der Waals surface area contributed by atoms with E-state index in [1.165, 1.54) is 49.5 Å². The van der Waals surface area contributed by atoms with Crippen molar-refractivity contribution in [2.45, 2.75) is 19.3 Å². The van der Waals surface area contributed by atoms with Gasteiger partial charge in [-0.2, -0.15) is 0 Å². The average Bonchev–Trinajstić information content (AvgIpc) is 3.63. The van der Waals surface area contributed by atoms with E-state index in [1.54, 1.807) is 0 Å². The molecule has 0 bridgehead atoms. The first-order chi connectivity index (χ1) is 24.0. The summed E-state index contributed by atoms with van der Waals surface area (Å²) >= 11 is 0. The summed E-state index contributed by atoms with van der Waals surface area (Å²) in [4.78, 5) is 2.47. The quantitative estimate of drug-likeness (QED) is 0.193. The molecule has 0 amide bonds. The summed E-state index contributed by atoms with van der Waals surface area (Å²) in [6.07, 6.45) is 0. The molecular formula is C47H33NO. The monoisotopic (exact) mass is 627 g/mol. The van der Waals surface area contributed by atoms with Gasteiger partial charge in [-0.15, -0.1) is 0 Å². The maximum absolute atomic E-state index is 6.58. The van der Waals surface area contributed by atoms with E-state index in [4.69, 9.17) is 4.42 Å². The molecule has 8 aromatic carbocycles. The lowest BCUT2D eigenvalue weighted by Crippen LogP contribution is -2.16. The molecule has 0 aliphatic heterocycles. The fourth-order valence-corrected chi connectivity index (χ4v) is 8.19. The molecule has 0 spiro atoms. The van der Waals surface area contributed by atoms with Crippen LogP contribution in [0.25, 0.3) is 65.7 Å². The Morgan fingerprint density at radius 3 is 2.04 bits per heavy atom. The first-order valence-corrected chi connectivity index (χ1v) is 17.0. The van der Waals surface area contributed by atoms with E-state index in [0.29, 0.717) is 0 Å². The molecule has 232 valence electrons. The summed E-state index contributed by atoms with van der Waals surface area (Å²) in [5, 5.41) is 7.05. The highest BCUT2D eigenvalue weighted by molar-refractivity contribution is 6.21. The predicted molar refractivity (Wildman–Crippen MR) is 206 cm³/mol. The van der Waals surface area contributed by atoms with Crippen LogP contribution in [0.15, 0.2) is 168 Å². The van der Waals surface area contributed by atoms with Gasteiger partial charge in [0.25, 0.3) is 0 Å². The van der Waals surface area contributed by atoms with Crippen molar-refractivity contribution in [3.63, 3.8) is 0 Å². The second-order valence-corrected chi connectivity index (χ2v) is 13.8. The molecule has 0 saturated heterocycles. The van der Waals surface area contributed by atoms with Crippen LogP contribution in [-0.2, 0) is 5.41 Å². The fraction of sp³-hybridized carbons (Fsp3) is 0.0638. The van der Waals surface area contributed by atoms with Gasteiger partial charge in [0.2, 0.25) is 0 Å². The Kier molecular flexibility index (Phi) is 5.95. The minimum atomic E-state index is -0.128. The van der Waals surface area contributed by atoms with Gasteiger partial charge in [0.05, 0.1) is 11.1 Å². The summed E-state index contributed by atoms with van der Waals surface area (Å²) in [6, 6.07) is 59.6. The highest BCUT2D eigenvalue weighted by Gasteiger charge is 2.36. The molecule has 9 aromatic rings. The van der Waals surface area contributed by atoms with Crippen LogP contribution in [-0.4, -0.2) is 0 Å². The topological polar surface area (TPSA) is 16.4 Å². The minimum absolute atomic E-state index is 0.128. The fourth-order valence-electron chi connectivity index (χ4n) is 8.19. The minimum Gasteiger partial charge on any atom is -0.456 e. The largest absolute Gasteiger partial charge is 0.456 e. The van der Waals surface area contributed by atoms with Gasteiger partial charge in [0, 0.05) is 27.6 Å². The molecule has 0 radical (unpaired) electrons. The smallest absolute Gasteiger partial charge is 0.138 e. The molecule has 49 heavy (non-hydrogen) atoms. The number of benzene rings is 8. The lowest BCUT2D eigenvalue weighted by Gasteiger charge is -2.30. The molecule has 2 nitrogen and oxygen atoms in total. The van der Waals surface area contributed by atoms with E-state index >= 15 is 0 Å². The summed E-state index contributed by atoms with van der Waals surface area (Å²) < 4.78 is 6.58. The number of anilines is 3. The van der Waals surface area contributed by atoms with Crippen LogP contribution in [0.1, 0.15) is 25.0 Å². The third-order valence-corrected chi connectivity index (χ3v) is 10.6. The van der Waals surface area contributed by atoms with Gasteiger partial charge < -0.3 is 9.32 Å².